The quantitative estimate of drug-likeness (QED) is 0.661. The molecule has 2 rings (SSSR count). The maximum absolute atomic E-state index is 12.0. The van der Waals surface area contributed by atoms with Crippen molar-refractivity contribution in [1.29, 1.82) is 0 Å². The summed E-state index contributed by atoms with van der Waals surface area (Å²) in [7, 11) is 0. The molecule has 1 aromatic rings. The Balaban J connectivity index is 1.99. The van der Waals surface area contributed by atoms with Gasteiger partial charge in [-0.1, -0.05) is 19.1 Å². The fourth-order valence-corrected chi connectivity index (χ4v) is 2.43. The molecule has 1 heterocycles. The molecule has 0 radical (unpaired) electrons. The van der Waals surface area contributed by atoms with Gasteiger partial charge in [0.2, 0.25) is 11.8 Å². The lowest BCUT2D eigenvalue weighted by Gasteiger charge is -2.12. The van der Waals surface area contributed by atoms with E-state index in [0.717, 1.165) is 5.56 Å². The van der Waals surface area contributed by atoms with Crippen molar-refractivity contribution in [3.05, 3.63) is 35.4 Å². The van der Waals surface area contributed by atoms with Crippen LogP contribution in [-0.2, 0) is 20.8 Å². The molecule has 1 aromatic carbocycles. The first-order valence-electron chi connectivity index (χ1n) is 7.37. The molecule has 0 bridgehead atoms. The standard InChI is InChI=1S/C16H18N2O5/c1-2-12(16(22)23)17-14(20)10-5-3-9(4-6-10)7-11-8-13(19)18-15(11)21/h3-6,11-12H,2,7-8H2,1H3,(H,17,20)(H,22,23)(H,18,19,21). The van der Waals surface area contributed by atoms with Crippen molar-refractivity contribution in [2.45, 2.75) is 32.2 Å². The van der Waals surface area contributed by atoms with E-state index in [0.29, 0.717) is 18.4 Å². The molecule has 7 nitrogen and oxygen atoms in total. The van der Waals surface area contributed by atoms with Crippen LogP contribution in [0.15, 0.2) is 24.3 Å². The first-order valence-corrected chi connectivity index (χ1v) is 7.37. The minimum absolute atomic E-state index is 0.178. The zero-order chi connectivity index (χ0) is 17.0. The maximum Gasteiger partial charge on any atom is 0.326 e. The van der Waals surface area contributed by atoms with Gasteiger partial charge in [-0.25, -0.2) is 4.79 Å². The van der Waals surface area contributed by atoms with Crippen LogP contribution in [0.4, 0.5) is 0 Å². The number of nitrogens with one attached hydrogen (secondary N) is 2. The van der Waals surface area contributed by atoms with Crippen LogP contribution < -0.4 is 10.6 Å². The number of carbonyl (C=O) groups excluding carboxylic acids is 3. The predicted octanol–water partition coefficient (Wildman–Crippen LogP) is 0.485. The second kappa shape index (κ2) is 7.04. The molecule has 0 aromatic heterocycles. The topological polar surface area (TPSA) is 113 Å². The van der Waals surface area contributed by atoms with E-state index in [1.54, 1.807) is 31.2 Å². The molecule has 0 saturated carbocycles. The number of carboxylic acids is 1. The van der Waals surface area contributed by atoms with Gasteiger partial charge < -0.3 is 10.4 Å². The first-order chi connectivity index (χ1) is 10.9. The van der Waals surface area contributed by atoms with Crippen LogP contribution in [0.5, 0.6) is 0 Å². The Morgan fingerprint density at radius 2 is 1.96 bits per heavy atom. The van der Waals surface area contributed by atoms with Gasteiger partial charge in [0.25, 0.3) is 5.91 Å². The molecule has 7 heteroatoms. The third-order valence-corrected chi connectivity index (χ3v) is 3.78. The molecular weight excluding hydrogens is 300 g/mol. The van der Waals surface area contributed by atoms with Crippen LogP contribution in [0.25, 0.3) is 0 Å². The normalized spacial score (nSPS) is 18.4. The average Bonchev–Trinajstić information content (AvgIpc) is 2.82. The van der Waals surface area contributed by atoms with Crippen LogP contribution in [0.1, 0.15) is 35.7 Å². The lowest BCUT2D eigenvalue weighted by atomic mass is 9.97. The summed E-state index contributed by atoms with van der Waals surface area (Å²) in [6.07, 6.45) is 0.897. The fraction of sp³-hybridized carbons (Fsp3) is 0.375. The van der Waals surface area contributed by atoms with E-state index in [2.05, 4.69) is 10.6 Å². The molecule has 2 atom stereocenters. The molecule has 3 amide bonds. The second-order valence-electron chi connectivity index (χ2n) is 5.49. The molecule has 3 N–H and O–H groups in total. The molecule has 1 aliphatic heterocycles. The van der Waals surface area contributed by atoms with Crippen molar-refractivity contribution >= 4 is 23.7 Å². The van der Waals surface area contributed by atoms with Gasteiger partial charge in [0.05, 0.1) is 5.92 Å². The molecule has 2 unspecified atom stereocenters. The van der Waals surface area contributed by atoms with Crippen LogP contribution in [0.2, 0.25) is 0 Å². The molecule has 1 aliphatic rings. The van der Waals surface area contributed by atoms with Gasteiger partial charge in [0, 0.05) is 12.0 Å². The minimum Gasteiger partial charge on any atom is -0.480 e. The third kappa shape index (κ3) is 4.15. The van der Waals surface area contributed by atoms with Gasteiger partial charge in [-0.05, 0) is 30.5 Å². The Hall–Kier alpha value is -2.70. The first kappa shape index (κ1) is 16.7. The summed E-state index contributed by atoms with van der Waals surface area (Å²) in [6, 6.07) is 5.64. The van der Waals surface area contributed by atoms with E-state index in [1.165, 1.54) is 0 Å². The van der Waals surface area contributed by atoms with Crippen LogP contribution in [0, 0.1) is 5.92 Å². The number of aliphatic carboxylic acids is 1. The second-order valence-corrected chi connectivity index (χ2v) is 5.49. The molecule has 23 heavy (non-hydrogen) atoms. The summed E-state index contributed by atoms with van der Waals surface area (Å²) in [5, 5.41) is 13.6. The Bertz CT molecular complexity index is 638. The lowest BCUT2D eigenvalue weighted by Crippen LogP contribution is -2.40. The van der Waals surface area contributed by atoms with Gasteiger partial charge in [-0.2, -0.15) is 0 Å². The van der Waals surface area contributed by atoms with Crippen molar-refractivity contribution in [2.24, 2.45) is 5.92 Å². The highest BCUT2D eigenvalue weighted by molar-refractivity contribution is 6.03. The van der Waals surface area contributed by atoms with Gasteiger partial charge in [0.15, 0.2) is 0 Å². The third-order valence-electron chi connectivity index (χ3n) is 3.78. The molecular formula is C16H18N2O5. The monoisotopic (exact) mass is 318 g/mol. The van der Waals surface area contributed by atoms with E-state index in [1.807, 2.05) is 0 Å². The van der Waals surface area contributed by atoms with Crippen molar-refractivity contribution in [2.75, 3.05) is 0 Å². The van der Waals surface area contributed by atoms with E-state index in [-0.39, 0.29) is 24.2 Å². The van der Waals surface area contributed by atoms with Crippen LogP contribution >= 0.6 is 0 Å². The van der Waals surface area contributed by atoms with E-state index in [9.17, 15) is 19.2 Å². The summed E-state index contributed by atoms with van der Waals surface area (Å²) in [5.41, 5.74) is 1.18. The van der Waals surface area contributed by atoms with Crippen LogP contribution in [0.3, 0.4) is 0 Å². The predicted molar refractivity (Wildman–Crippen MR) is 80.6 cm³/mol. The maximum atomic E-state index is 12.0. The van der Waals surface area contributed by atoms with Gasteiger partial charge in [-0.3, -0.25) is 19.7 Å². The lowest BCUT2D eigenvalue weighted by molar-refractivity contribution is -0.139. The number of amides is 3. The highest BCUT2D eigenvalue weighted by Crippen LogP contribution is 2.17. The smallest absolute Gasteiger partial charge is 0.326 e. The molecule has 0 aliphatic carbocycles. The molecule has 1 saturated heterocycles. The minimum atomic E-state index is -1.07. The van der Waals surface area contributed by atoms with E-state index in [4.69, 9.17) is 5.11 Å². The number of rotatable bonds is 6. The number of carbonyl (C=O) groups is 4. The number of benzene rings is 1. The number of carboxylic acid groups (broad SMARTS) is 1. The Morgan fingerprint density at radius 3 is 2.43 bits per heavy atom. The van der Waals surface area contributed by atoms with Crippen molar-refractivity contribution < 1.29 is 24.3 Å². The largest absolute Gasteiger partial charge is 0.480 e. The van der Waals surface area contributed by atoms with Crippen molar-refractivity contribution in [3.8, 4) is 0 Å². The summed E-state index contributed by atoms with van der Waals surface area (Å²) in [4.78, 5) is 45.6. The van der Waals surface area contributed by atoms with Crippen molar-refractivity contribution in [1.82, 2.24) is 10.6 Å². The SMILES string of the molecule is CCC(NC(=O)c1ccc(CC2CC(=O)NC2=O)cc1)C(=O)O. The van der Waals surface area contributed by atoms with Crippen molar-refractivity contribution in [3.63, 3.8) is 0 Å². The number of imide groups is 1. The summed E-state index contributed by atoms with van der Waals surface area (Å²) in [5.74, 6) is -2.45. The Morgan fingerprint density at radius 1 is 1.30 bits per heavy atom. The average molecular weight is 318 g/mol. The summed E-state index contributed by atoms with van der Waals surface area (Å²) in [6.45, 7) is 1.68. The summed E-state index contributed by atoms with van der Waals surface area (Å²) < 4.78 is 0. The highest BCUT2D eigenvalue weighted by Gasteiger charge is 2.30. The highest BCUT2D eigenvalue weighted by atomic mass is 16.4. The Kier molecular flexibility index (Phi) is 5.10. The number of hydrogen-bond donors (Lipinski definition) is 3. The zero-order valence-corrected chi connectivity index (χ0v) is 12.7. The molecule has 1 fully saturated rings. The number of hydrogen-bond acceptors (Lipinski definition) is 4. The zero-order valence-electron chi connectivity index (χ0n) is 12.7. The van der Waals surface area contributed by atoms with Gasteiger partial charge in [-0.15, -0.1) is 0 Å². The van der Waals surface area contributed by atoms with Gasteiger partial charge >= 0.3 is 5.97 Å². The van der Waals surface area contributed by atoms with E-state index >= 15 is 0 Å². The summed E-state index contributed by atoms with van der Waals surface area (Å²) >= 11 is 0. The van der Waals surface area contributed by atoms with Crippen LogP contribution in [-0.4, -0.2) is 34.8 Å². The molecule has 0 spiro atoms. The van der Waals surface area contributed by atoms with E-state index < -0.39 is 17.9 Å². The Labute approximate surface area is 133 Å². The molecule has 122 valence electrons. The fourth-order valence-electron chi connectivity index (χ4n) is 2.43. The van der Waals surface area contributed by atoms with Gasteiger partial charge in [0.1, 0.15) is 6.04 Å².